The predicted molar refractivity (Wildman–Crippen MR) is 207 cm³/mol. The highest BCUT2D eigenvalue weighted by atomic mass is 16.6. The molecule has 50 heavy (non-hydrogen) atoms. The first kappa shape index (κ1) is 31.4. The van der Waals surface area contributed by atoms with Crippen molar-refractivity contribution in [3.8, 4) is 45.6 Å². The molecule has 4 aliphatic heterocycles. The normalized spacial score (nSPS) is 16.1. The minimum absolute atomic E-state index is 0.0206. The first-order valence-electron chi connectivity index (χ1n) is 18.0. The summed E-state index contributed by atoms with van der Waals surface area (Å²) < 4.78 is 19.9. The van der Waals surface area contributed by atoms with E-state index >= 15 is 0 Å². The average molecular weight is 660 g/mol. The predicted octanol–water partition coefficient (Wildman–Crippen LogP) is 11.1. The van der Waals surface area contributed by atoms with E-state index in [0.29, 0.717) is 17.2 Å². The summed E-state index contributed by atoms with van der Waals surface area (Å²) in [5.74, 6) is 4.51. The van der Waals surface area contributed by atoms with E-state index in [4.69, 9.17) is 14.2 Å². The van der Waals surface area contributed by atoms with Crippen LogP contribution in [0.4, 0.5) is 11.4 Å². The van der Waals surface area contributed by atoms with E-state index in [1.807, 2.05) is 30.3 Å². The number of benzene rings is 5. The fourth-order valence-electron chi connectivity index (χ4n) is 8.32. The van der Waals surface area contributed by atoms with Crippen molar-refractivity contribution in [1.29, 1.82) is 0 Å². The van der Waals surface area contributed by atoms with Crippen molar-refractivity contribution in [2.75, 3.05) is 4.81 Å². The maximum absolute atomic E-state index is 7.00. The van der Waals surface area contributed by atoms with Gasteiger partial charge in [0.1, 0.15) is 11.5 Å². The Labute approximate surface area is 297 Å². The van der Waals surface area contributed by atoms with Crippen molar-refractivity contribution >= 4 is 29.1 Å². The summed E-state index contributed by atoms with van der Waals surface area (Å²) >= 11 is 0. The Morgan fingerprint density at radius 1 is 0.520 bits per heavy atom. The van der Waals surface area contributed by atoms with Gasteiger partial charge >= 0.3 is 6.85 Å². The summed E-state index contributed by atoms with van der Waals surface area (Å²) in [5.41, 5.74) is 13.7. The lowest BCUT2D eigenvalue weighted by Gasteiger charge is -2.50. The molecule has 252 valence electrons. The Bertz CT molecular complexity index is 2300. The fraction of sp³-hybridized carbons (Fsp3) is 0.333. The van der Waals surface area contributed by atoms with Gasteiger partial charge in [0.25, 0.3) is 0 Å². The number of anilines is 2. The lowest BCUT2D eigenvalue weighted by Crippen LogP contribution is -2.61. The molecule has 0 bridgehead atoms. The van der Waals surface area contributed by atoms with E-state index in [2.05, 4.69) is 130 Å². The summed E-state index contributed by atoms with van der Waals surface area (Å²) in [6, 6.07) is 28.9. The Hall–Kier alpha value is -4.64. The molecule has 0 N–H and O–H groups in total. The summed E-state index contributed by atoms with van der Waals surface area (Å²) in [7, 11) is 0. The van der Waals surface area contributed by atoms with E-state index in [9.17, 15) is 0 Å². The van der Waals surface area contributed by atoms with Crippen LogP contribution < -0.4 is 29.9 Å². The molecule has 0 atom stereocenters. The lowest BCUT2D eigenvalue weighted by atomic mass is 9.43. The molecule has 0 spiro atoms. The maximum atomic E-state index is 7.00. The molecule has 5 aromatic rings. The zero-order chi connectivity index (χ0) is 35.3. The first-order valence-corrected chi connectivity index (χ1v) is 18.0. The monoisotopic (exact) mass is 659 g/mol. The van der Waals surface area contributed by atoms with Crippen LogP contribution in [0.3, 0.4) is 0 Å². The number of para-hydroxylation sites is 2. The average Bonchev–Trinajstić information content (AvgIpc) is 3.04. The van der Waals surface area contributed by atoms with Crippen molar-refractivity contribution in [2.45, 2.75) is 97.8 Å². The van der Waals surface area contributed by atoms with Crippen molar-refractivity contribution in [3.63, 3.8) is 0 Å². The lowest BCUT2D eigenvalue weighted by molar-refractivity contribution is 0.357. The van der Waals surface area contributed by atoms with Gasteiger partial charge in [-0.15, -0.1) is 0 Å². The second kappa shape index (κ2) is 9.78. The van der Waals surface area contributed by atoms with Crippen LogP contribution in [0.2, 0.25) is 0 Å². The summed E-state index contributed by atoms with van der Waals surface area (Å²) in [6.45, 7) is 25.5. The van der Waals surface area contributed by atoms with Gasteiger partial charge in [-0.25, -0.2) is 0 Å². The number of nitrogens with zero attached hydrogens (tertiary/aromatic N) is 1. The highest BCUT2D eigenvalue weighted by Crippen LogP contribution is 2.58. The quantitative estimate of drug-likeness (QED) is 0.152. The number of ether oxygens (including phenoxy) is 3. The Morgan fingerprint density at radius 2 is 1.08 bits per heavy atom. The van der Waals surface area contributed by atoms with Crippen LogP contribution in [-0.2, 0) is 21.7 Å². The van der Waals surface area contributed by atoms with Gasteiger partial charge in [0.15, 0.2) is 23.0 Å². The second-order valence-corrected chi connectivity index (χ2v) is 18.3. The van der Waals surface area contributed by atoms with E-state index in [1.165, 1.54) is 55.8 Å². The van der Waals surface area contributed by atoms with Gasteiger partial charge in [-0.2, -0.15) is 0 Å². The standard InChI is InChI=1S/C45H46BNO3/c1-42(2,3)25-16-17-33-30(20-25)45(10,11)31-21-26(43(4,5)6)19-29-28-18-27(44(7,8)9)22-39-40(28)46(47(33)41(29)31)32-23-37-38(24-36(32)50-39)49-35-15-13-12-14-34(35)48-37/h12-24H,1-11H3. The van der Waals surface area contributed by atoms with Gasteiger partial charge in [-0.3, -0.25) is 0 Å². The molecule has 4 nitrogen and oxygen atoms in total. The van der Waals surface area contributed by atoms with Crippen molar-refractivity contribution < 1.29 is 14.2 Å². The first-order chi connectivity index (χ1) is 23.4. The van der Waals surface area contributed by atoms with Crippen LogP contribution in [0.25, 0.3) is 11.1 Å². The Kier molecular flexibility index (Phi) is 6.13. The Balaban J connectivity index is 1.39. The molecule has 4 heterocycles. The van der Waals surface area contributed by atoms with E-state index < -0.39 is 0 Å². The third kappa shape index (κ3) is 4.38. The molecular weight excluding hydrogens is 613 g/mol. The van der Waals surface area contributed by atoms with E-state index in [0.717, 1.165) is 22.7 Å². The van der Waals surface area contributed by atoms with Gasteiger partial charge in [0, 0.05) is 33.9 Å². The molecule has 0 aliphatic carbocycles. The summed E-state index contributed by atoms with van der Waals surface area (Å²) in [4.78, 5) is 2.62. The molecule has 0 unspecified atom stereocenters. The Morgan fingerprint density at radius 3 is 1.72 bits per heavy atom. The molecule has 9 rings (SSSR count). The van der Waals surface area contributed by atoms with Crippen molar-refractivity contribution in [1.82, 2.24) is 0 Å². The van der Waals surface area contributed by atoms with Crippen LogP contribution >= 0.6 is 0 Å². The topological polar surface area (TPSA) is 30.9 Å². The van der Waals surface area contributed by atoms with Crippen LogP contribution in [0, 0.1) is 0 Å². The zero-order valence-electron chi connectivity index (χ0n) is 31.3. The minimum Gasteiger partial charge on any atom is -0.458 e. The van der Waals surface area contributed by atoms with Crippen molar-refractivity contribution in [2.24, 2.45) is 0 Å². The molecule has 4 aliphatic rings. The van der Waals surface area contributed by atoms with Gasteiger partial charge in [-0.05, 0) is 91.5 Å². The molecule has 0 saturated carbocycles. The molecule has 0 amide bonds. The molecule has 0 radical (unpaired) electrons. The van der Waals surface area contributed by atoms with Crippen molar-refractivity contribution in [3.05, 3.63) is 107 Å². The van der Waals surface area contributed by atoms with Gasteiger partial charge in [0.05, 0.1) is 0 Å². The van der Waals surface area contributed by atoms with Gasteiger partial charge in [-0.1, -0.05) is 113 Å². The maximum Gasteiger partial charge on any atom is 0.336 e. The number of hydrogen-bond acceptors (Lipinski definition) is 4. The third-order valence-corrected chi connectivity index (χ3v) is 11.4. The SMILES string of the molecule is CC(C)(C)c1cc2c3c(c1)-c1cc(C(C)(C)C)cc4c1N(B3c1cc3c(cc1O2)Oc1ccccc1O3)c1ccc(C(C)(C)C)cc1C4(C)C. The van der Waals surface area contributed by atoms with Crippen LogP contribution in [0.1, 0.15) is 104 Å². The molecular formula is C45H46BNO3. The van der Waals surface area contributed by atoms with Crippen LogP contribution in [0.15, 0.2) is 78.9 Å². The molecule has 0 saturated heterocycles. The number of fused-ring (bicyclic) bond motifs is 8. The number of hydrogen-bond donors (Lipinski definition) is 0. The zero-order valence-corrected chi connectivity index (χ0v) is 31.3. The van der Waals surface area contributed by atoms with E-state index in [1.54, 1.807) is 0 Å². The highest BCUT2D eigenvalue weighted by molar-refractivity contribution is 6.92. The van der Waals surface area contributed by atoms with Crippen LogP contribution in [0.5, 0.6) is 34.5 Å². The van der Waals surface area contributed by atoms with E-state index in [-0.39, 0.29) is 28.5 Å². The third-order valence-electron chi connectivity index (χ3n) is 11.4. The highest BCUT2D eigenvalue weighted by Gasteiger charge is 2.51. The van der Waals surface area contributed by atoms with Gasteiger partial charge < -0.3 is 19.0 Å². The number of rotatable bonds is 0. The van der Waals surface area contributed by atoms with Crippen LogP contribution in [-0.4, -0.2) is 6.85 Å². The molecule has 5 heteroatoms. The largest absolute Gasteiger partial charge is 0.458 e. The van der Waals surface area contributed by atoms with Gasteiger partial charge in [0.2, 0.25) is 0 Å². The molecule has 0 aromatic heterocycles. The summed E-state index contributed by atoms with van der Waals surface area (Å²) in [6.07, 6.45) is 0. The summed E-state index contributed by atoms with van der Waals surface area (Å²) in [5, 5.41) is 0. The minimum atomic E-state index is -0.231. The fourth-order valence-corrected chi connectivity index (χ4v) is 8.32. The molecule has 5 aromatic carbocycles. The smallest absolute Gasteiger partial charge is 0.336 e. The second-order valence-electron chi connectivity index (χ2n) is 18.3. The molecule has 0 fully saturated rings.